The van der Waals surface area contributed by atoms with Crippen LogP contribution in [0.5, 0.6) is 5.75 Å². The minimum Gasteiger partial charge on any atom is -0.491 e. The average Bonchev–Trinajstić information content (AvgIpc) is 2.57. The van der Waals surface area contributed by atoms with E-state index in [0.29, 0.717) is 12.5 Å². The van der Waals surface area contributed by atoms with Gasteiger partial charge in [-0.2, -0.15) is 0 Å². The molecule has 0 saturated carbocycles. The smallest absolute Gasteiger partial charge is 0.123 e. The largest absolute Gasteiger partial charge is 0.491 e. The van der Waals surface area contributed by atoms with Crippen LogP contribution in [0, 0.1) is 6.92 Å². The molecule has 1 aliphatic heterocycles. The number of ether oxygens (including phenoxy) is 1. The van der Waals surface area contributed by atoms with Gasteiger partial charge in [0.1, 0.15) is 18.5 Å². The zero-order chi connectivity index (χ0) is 18.4. The lowest BCUT2D eigenvalue weighted by atomic mass is 10.0. The molecule has 2 rings (SSSR count). The van der Waals surface area contributed by atoms with Gasteiger partial charge in [-0.25, -0.2) is 0 Å². The number of halogens is 1. The quantitative estimate of drug-likeness (QED) is 0.734. The predicted octanol–water partition coefficient (Wildman–Crippen LogP) is 2.12. The summed E-state index contributed by atoms with van der Waals surface area (Å²) in [4.78, 5) is 4.49. The SMILES string of the molecule is Cc1cc(OCC(O)CN2CCN(CCO)CC2)c(C(C)C)cc1Cl. The van der Waals surface area contributed by atoms with Gasteiger partial charge in [0.05, 0.1) is 6.61 Å². The Morgan fingerprint density at radius 1 is 1.16 bits per heavy atom. The van der Waals surface area contributed by atoms with Gasteiger partial charge in [0.15, 0.2) is 0 Å². The molecule has 1 unspecified atom stereocenters. The topological polar surface area (TPSA) is 56.2 Å². The van der Waals surface area contributed by atoms with Gasteiger partial charge >= 0.3 is 0 Å². The van der Waals surface area contributed by atoms with E-state index in [2.05, 4.69) is 23.6 Å². The van der Waals surface area contributed by atoms with E-state index in [-0.39, 0.29) is 13.2 Å². The molecule has 2 N–H and O–H groups in total. The maximum Gasteiger partial charge on any atom is 0.123 e. The summed E-state index contributed by atoms with van der Waals surface area (Å²) in [7, 11) is 0. The highest BCUT2D eigenvalue weighted by molar-refractivity contribution is 6.31. The Bertz CT molecular complexity index is 546. The van der Waals surface area contributed by atoms with Crippen LogP contribution >= 0.6 is 11.6 Å². The van der Waals surface area contributed by atoms with Crippen LogP contribution in [0.4, 0.5) is 0 Å². The number of benzene rings is 1. The Hall–Kier alpha value is -0.850. The number of rotatable bonds is 8. The fourth-order valence-electron chi connectivity index (χ4n) is 3.12. The van der Waals surface area contributed by atoms with Crippen molar-refractivity contribution in [2.75, 3.05) is 52.5 Å². The average molecular weight is 371 g/mol. The van der Waals surface area contributed by atoms with Crippen LogP contribution in [0.15, 0.2) is 12.1 Å². The molecule has 0 bridgehead atoms. The van der Waals surface area contributed by atoms with Crippen LogP contribution in [-0.4, -0.2) is 78.6 Å². The lowest BCUT2D eigenvalue weighted by Crippen LogP contribution is -2.49. The fourth-order valence-corrected chi connectivity index (χ4v) is 3.29. The third kappa shape index (κ3) is 6.12. The van der Waals surface area contributed by atoms with E-state index >= 15 is 0 Å². The fraction of sp³-hybridized carbons (Fsp3) is 0.684. The number of hydrogen-bond acceptors (Lipinski definition) is 5. The molecule has 0 aliphatic carbocycles. The molecule has 1 aromatic rings. The number of hydrogen-bond donors (Lipinski definition) is 2. The maximum atomic E-state index is 10.3. The molecule has 1 heterocycles. The van der Waals surface area contributed by atoms with E-state index in [1.54, 1.807) is 0 Å². The molecular weight excluding hydrogens is 340 g/mol. The van der Waals surface area contributed by atoms with Crippen LogP contribution < -0.4 is 4.74 Å². The Balaban J connectivity index is 1.84. The number of aliphatic hydroxyl groups is 2. The van der Waals surface area contributed by atoms with Crippen molar-refractivity contribution in [1.82, 2.24) is 9.80 Å². The van der Waals surface area contributed by atoms with Gasteiger partial charge in [-0.3, -0.25) is 9.80 Å². The van der Waals surface area contributed by atoms with Gasteiger partial charge in [0, 0.05) is 44.3 Å². The lowest BCUT2D eigenvalue weighted by molar-refractivity contribution is 0.0426. The molecule has 1 atom stereocenters. The molecule has 1 aromatic carbocycles. The van der Waals surface area contributed by atoms with E-state index in [1.807, 2.05) is 19.1 Å². The van der Waals surface area contributed by atoms with Gasteiger partial charge in [0.25, 0.3) is 0 Å². The summed E-state index contributed by atoms with van der Waals surface area (Å²) in [6.45, 7) is 11.7. The summed E-state index contributed by atoms with van der Waals surface area (Å²) < 4.78 is 5.92. The first-order valence-electron chi connectivity index (χ1n) is 9.07. The number of β-amino-alcohol motifs (C(OH)–C–C–N with tert-alkyl or cyclic N) is 2. The highest BCUT2D eigenvalue weighted by Crippen LogP contribution is 2.32. The normalized spacial score (nSPS) is 17.9. The van der Waals surface area contributed by atoms with Crippen molar-refractivity contribution in [2.24, 2.45) is 0 Å². The van der Waals surface area contributed by atoms with Crippen molar-refractivity contribution in [3.05, 3.63) is 28.3 Å². The summed E-state index contributed by atoms with van der Waals surface area (Å²) in [5, 5.41) is 20.1. The Kier molecular flexibility index (Phi) is 7.97. The van der Waals surface area contributed by atoms with Crippen LogP contribution in [0.1, 0.15) is 30.9 Å². The highest BCUT2D eigenvalue weighted by Gasteiger charge is 2.19. The minimum absolute atomic E-state index is 0.204. The van der Waals surface area contributed by atoms with Gasteiger partial charge in [0.2, 0.25) is 0 Å². The molecule has 1 fully saturated rings. The van der Waals surface area contributed by atoms with E-state index < -0.39 is 6.10 Å². The Labute approximate surface area is 156 Å². The van der Waals surface area contributed by atoms with Crippen LogP contribution in [0.25, 0.3) is 0 Å². The zero-order valence-corrected chi connectivity index (χ0v) is 16.3. The van der Waals surface area contributed by atoms with Crippen LogP contribution in [-0.2, 0) is 0 Å². The molecule has 6 heteroatoms. The summed E-state index contributed by atoms with van der Waals surface area (Å²) in [6, 6.07) is 3.92. The molecule has 1 aliphatic rings. The first-order valence-corrected chi connectivity index (χ1v) is 9.45. The second-order valence-electron chi connectivity index (χ2n) is 7.12. The summed E-state index contributed by atoms with van der Waals surface area (Å²) in [5.41, 5.74) is 2.05. The maximum absolute atomic E-state index is 10.3. The van der Waals surface area contributed by atoms with E-state index in [0.717, 1.165) is 54.6 Å². The molecule has 0 radical (unpaired) electrons. The van der Waals surface area contributed by atoms with E-state index in [4.69, 9.17) is 21.4 Å². The summed E-state index contributed by atoms with van der Waals surface area (Å²) >= 11 is 6.22. The molecule has 0 spiro atoms. The highest BCUT2D eigenvalue weighted by atomic mass is 35.5. The molecule has 142 valence electrons. The number of nitrogens with zero attached hydrogens (tertiary/aromatic N) is 2. The first-order chi connectivity index (χ1) is 11.9. The standard InChI is InChI=1S/C19H31ClN2O3/c1-14(2)17-11-18(20)15(3)10-19(17)25-13-16(24)12-22-6-4-21(5-7-22)8-9-23/h10-11,14,16,23-24H,4-9,12-13H2,1-3H3. The van der Waals surface area contributed by atoms with Crippen LogP contribution in [0.3, 0.4) is 0 Å². The summed E-state index contributed by atoms with van der Waals surface area (Å²) in [5.74, 6) is 1.12. The van der Waals surface area contributed by atoms with Crippen molar-refractivity contribution in [3.8, 4) is 5.75 Å². The Morgan fingerprint density at radius 2 is 1.80 bits per heavy atom. The van der Waals surface area contributed by atoms with Crippen LogP contribution in [0.2, 0.25) is 5.02 Å². The summed E-state index contributed by atoms with van der Waals surface area (Å²) in [6.07, 6.45) is -0.527. The Morgan fingerprint density at radius 3 is 2.40 bits per heavy atom. The monoisotopic (exact) mass is 370 g/mol. The predicted molar refractivity (Wildman–Crippen MR) is 102 cm³/mol. The third-order valence-corrected chi connectivity index (χ3v) is 5.10. The van der Waals surface area contributed by atoms with Crippen molar-refractivity contribution < 1.29 is 14.9 Å². The molecule has 1 saturated heterocycles. The second-order valence-corrected chi connectivity index (χ2v) is 7.53. The van der Waals surface area contributed by atoms with Gasteiger partial charge in [-0.15, -0.1) is 0 Å². The molecular formula is C19H31ClN2O3. The van der Waals surface area contributed by atoms with Crippen molar-refractivity contribution in [1.29, 1.82) is 0 Å². The van der Waals surface area contributed by atoms with Crippen molar-refractivity contribution >= 4 is 11.6 Å². The molecule has 25 heavy (non-hydrogen) atoms. The van der Waals surface area contributed by atoms with Crippen molar-refractivity contribution in [3.63, 3.8) is 0 Å². The van der Waals surface area contributed by atoms with Gasteiger partial charge in [-0.1, -0.05) is 25.4 Å². The van der Waals surface area contributed by atoms with Crippen molar-refractivity contribution in [2.45, 2.75) is 32.8 Å². The zero-order valence-electron chi connectivity index (χ0n) is 15.5. The molecule has 5 nitrogen and oxygen atoms in total. The molecule has 0 amide bonds. The number of aliphatic hydroxyl groups excluding tert-OH is 2. The molecule has 0 aromatic heterocycles. The minimum atomic E-state index is -0.527. The van der Waals surface area contributed by atoms with E-state index in [1.165, 1.54) is 0 Å². The second kappa shape index (κ2) is 9.74. The third-order valence-electron chi connectivity index (χ3n) is 4.69. The van der Waals surface area contributed by atoms with Gasteiger partial charge in [-0.05, 0) is 36.1 Å². The van der Waals surface area contributed by atoms with Gasteiger partial charge < -0.3 is 14.9 Å². The number of aryl methyl sites for hydroxylation is 1. The first kappa shape index (κ1) is 20.5. The lowest BCUT2D eigenvalue weighted by Gasteiger charge is -2.35. The van der Waals surface area contributed by atoms with E-state index in [9.17, 15) is 5.11 Å². The number of piperazine rings is 1.